The number of ether oxygens (including phenoxy) is 1. The lowest BCUT2D eigenvalue weighted by Crippen LogP contribution is -2.25. The van der Waals surface area contributed by atoms with Gasteiger partial charge in [0.15, 0.2) is 5.82 Å². The third kappa shape index (κ3) is 2.77. The van der Waals surface area contributed by atoms with Crippen LogP contribution in [0.2, 0.25) is 0 Å². The third-order valence-corrected chi connectivity index (χ3v) is 2.55. The average Bonchev–Trinajstić information content (AvgIpc) is 2.16. The van der Waals surface area contributed by atoms with Crippen LogP contribution in [0.25, 0.3) is 0 Å². The molecular weight excluding hydrogens is 202 g/mol. The number of aromatic nitrogens is 2. The topological polar surface area (TPSA) is 61.0 Å². The molecule has 0 spiro atoms. The van der Waals surface area contributed by atoms with Gasteiger partial charge in [-0.05, 0) is 34.6 Å². The Morgan fingerprint density at radius 2 is 2.12 bits per heavy atom. The maximum Gasteiger partial charge on any atom is 0.159 e. The number of nitrogens with two attached hydrogens (primary N) is 1. The molecule has 1 aromatic heterocycles. The van der Waals surface area contributed by atoms with Crippen LogP contribution < -0.4 is 5.73 Å². The lowest BCUT2D eigenvalue weighted by Gasteiger charge is -2.23. The van der Waals surface area contributed by atoms with Gasteiger partial charge in [-0.1, -0.05) is 0 Å². The largest absolute Gasteiger partial charge is 0.368 e. The van der Waals surface area contributed by atoms with Crippen molar-refractivity contribution < 1.29 is 4.74 Å². The van der Waals surface area contributed by atoms with Gasteiger partial charge in [-0.3, -0.25) is 0 Å². The highest BCUT2D eigenvalue weighted by molar-refractivity contribution is 5.20. The molecule has 0 aliphatic carbocycles. The van der Waals surface area contributed by atoms with Gasteiger partial charge < -0.3 is 10.5 Å². The molecule has 1 heterocycles. The summed E-state index contributed by atoms with van der Waals surface area (Å²) in [7, 11) is 0. The van der Waals surface area contributed by atoms with E-state index in [0.717, 1.165) is 11.3 Å². The van der Waals surface area contributed by atoms with Crippen molar-refractivity contribution in [1.29, 1.82) is 0 Å². The molecule has 16 heavy (non-hydrogen) atoms. The molecule has 0 aliphatic heterocycles. The summed E-state index contributed by atoms with van der Waals surface area (Å²) >= 11 is 0. The molecule has 0 saturated carbocycles. The molecule has 0 aromatic carbocycles. The van der Waals surface area contributed by atoms with Crippen LogP contribution >= 0.6 is 0 Å². The fourth-order valence-electron chi connectivity index (χ4n) is 1.64. The van der Waals surface area contributed by atoms with Crippen LogP contribution in [-0.2, 0) is 10.3 Å². The van der Waals surface area contributed by atoms with Gasteiger partial charge in [0.1, 0.15) is 5.60 Å². The van der Waals surface area contributed by atoms with Gasteiger partial charge in [0, 0.05) is 30.1 Å². The van der Waals surface area contributed by atoms with Crippen molar-refractivity contribution in [3.8, 4) is 0 Å². The summed E-state index contributed by atoms with van der Waals surface area (Å²) in [5, 5.41) is 0. The van der Waals surface area contributed by atoms with Crippen molar-refractivity contribution in [2.75, 3.05) is 6.61 Å². The number of rotatable bonds is 4. The van der Waals surface area contributed by atoms with Crippen LogP contribution in [-0.4, -0.2) is 16.6 Å². The van der Waals surface area contributed by atoms with Crippen LogP contribution in [0.5, 0.6) is 0 Å². The van der Waals surface area contributed by atoms with E-state index in [-0.39, 0.29) is 6.04 Å². The van der Waals surface area contributed by atoms with Gasteiger partial charge in [-0.25, -0.2) is 9.97 Å². The van der Waals surface area contributed by atoms with E-state index in [1.807, 2.05) is 34.6 Å². The molecule has 0 fully saturated rings. The molecule has 1 aromatic rings. The van der Waals surface area contributed by atoms with E-state index in [1.54, 1.807) is 6.20 Å². The van der Waals surface area contributed by atoms with E-state index < -0.39 is 5.60 Å². The Bertz CT molecular complexity index is 361. The van der Waals surface area contributed by atoms with Crippen LogP contribution in [0.3, 0.4) is 0 Å². The highest BCUT2D eigenvalue weighted by Gasteiger charge is 2.24. The first-order chi connectivity index (χ1) is 7.38. The Morgan fingerprint density at radius 1 is 1.50 bits per heavy atom. The van der Waals surface area contributed by atoms with Crippen molar-refractivity contribution in [1.82, 2.24) is 9.97 Å². The molecular formula is C12H21N3O. The second-order valence-corrected chi connectivity index (χ2v) is 4.47. The molecule has 0 radical (unpaired) electrons. The first kappa shape index (κ1) is 13.1. The normalized spacial score (nSPS) is 13.9. The van der Waals surface area contributed by atoms with Crippen LogP contribution in [0.1, 0.15) is 50.8 Å². The lowest BCUT2D eigenvalue weighted by molar-refractivity contribution is -0.0209. The maximum absolute atomic E-state index is 5.82. The molecule has 1 rings (SSSR count). The van der Waals surface area contributed by atoms with Gasteiger partial charge in [-0.15, -0.1) is 0 Å². The summed E-state index contributed by atoms with van der Waals surface area (Å²) in [6, 6.07) is -0.0377. The second kappa shape index (κ2) is 4.89. The zero-order chi connectivity index (χ0) is 12.3. The Labute approximate surface area is 97.2 Å². The Kier molecular flexibility index (Phi) is 3.99. The van der Waals surface area contributed by atoms with E-state index in [1.165, 1.54) is 0 Å². The van der Waals surface area contributed by atoms with Crippen LogP contribution in [0.4, 0.5) is 0 Å². The summed E-state index contributed by atoms with van der Waals surface area (Å²) in [6.07, 6.45) is 1.79. The minimum absolute atomic E-state index is 0.0377. The molecule has 1 atom stereocenters. The Hall–Kier alpha value is -1.00. The van der Waals surface area contributed by atoms with E-state index >= 15 is 0 Å². The van der Waals surface area contributed by atoms with Crippen molar-refractivity contribution >= 4 is 0 Å². The van der Waals surface area contributed by atoms with E-state index in [2.05, 4.69) is 9.97 Å². The molecule has 0 amide bonds. The minimum Gasteiger partial charge on any atom is -0.368 e. The summed E-state index contributed by atoms with van der Waals surface area (Å²) < 4.78 is 5.61. The number of hydrogen-bond acceptors (Lipinski definition) is 4. The fourth-order valence-corrected chi connectivity index (χ4v) is 1.64. The van der Waals surface area contributed by atoms with Crippen molar-refractivity contribution in [2.24, 2.45) is 5.73 Å². The van der Waals surface area contributed by atoms with E-state index in [0.29, 0.717) is 12.4 Å². The fraction of sp³-hybridized carbons (Fsp3) is 0.667. The van der Waals surface area contributed by atoms with Gasteiger partial charge in [0.2, 0.25) is 0 Å². The first-order valence-electron chi connectivity index (χ1n) is 5.62. The predicted octanol–water partition coefficient (Wildman–Crippen LogP) is 2.08. The summed E-state index contributed by atoms with van der Waals surface area (Å²) in [5.74, 6) is 0.705. The molecule has 90 valence electrons. The lowest BCUT2D eigenvalue weighted by atomic mass is 10.1. The number of hydrogen-bond donors (Lipinski definition) is 1. The van der Waals surface area contributed by atoms with Crippen molar-refractivity contribution in [3.05, 3.63) is 23.3 Å². The molecule has 4 nitrogen and oxygen atoms in total. The number of aryl methyl sites for hydroxylation is 1. The molecule has 0 aliphatic rings. The summed E-state index contributed by atoms with van der Waals surface area (Å²) in [4.78, 5) is 8.80. The van der Waals surface area contributed by atoms with Crippen LogP contribution in [0.15, 0.2) is 6.20 Å². The Morgan fingerprint density at radius 3 is 2.56 bits per heavy atom. The summed E-state index contributed by atoms with van der Waals surface area (Å²) in [5.41, 5.74) is 7.28. The molecule has 0 bridgehead atoms. The van der Waals surface area contributed by atoms with Crippen LogP contribution in [0, 0.1) is 6.92 Å². The van der Waals surface area contributed by atoms with E-state index in [9.17, 15) is 0 Å². The third-order valence-electron chi connectivity index (χ3n) is 2.55. The Balaban J connectivity index is 3.05. The minimum atomic E-state index is -0.449. The predicted molar refractivity (Wildman–Crippen MR) is 64.0 cm³/mol. The smallest absolute Gasteiger partial charge is 0.159 e. The van der Waals surface area contributed by atoms with Crippen molar-refractivity contribution in [2.45, 2.75) is 46.3 Å². The number of nitrogens with zero attached hydrogens (tertiary/aromatic N) is 2. The molecule has 2 N–H and O–H groups in total. The van der Waals surface area contributed by atoms with Crippen molar-refractivity contribution in [3.63, 3.8) is 0 Å². The SMILES string of the molecule is CCOC(C)(C)c1ncc(C(C)N)c(C)n1. The average molecular weight is 223 g/mol. The molecule has 4 heteroatoms. The van der Waals surface area contributed by atoms with E-state index in [4.69, 9.17) is 10.5 Å². The second-order valence-electron chi connectivity index (χ2n) is 4.47. The van der Waals surface area contributed by atoms with Gasteiger partial charge in [-0.2, -0.15) is 0 Å². The summed E-state index contributed by atoms with van der Waals surface area (Å²) in [6.45, 7) is 10.4. The van der Waals surface area contributed by atoms with Gasteiger partial charge in [0.05, 0.1) is 0 Å². The molecule has 0 saturated heterocycles. The quantitative estimate of drug-likeness (QED) is 0.849. The highest BCUT2D eigenvalue weighted by atomic mass is 16.5. The van der Waals surface area contributed by atoms with Gasteiger partial charge >= 0.3 is 0 Å². The monoisotopic (exact) mass is 223 g/mol. The maximum atomic E-state index is 5.82. The first-order valence-corrected chi connectivity index (χ1v) is 5.62. The van der Waals surface area contributed by atoms with Gasteiger partial charge in [0.25, 0.3) is 0 Å². The standard InChI is InChI=1S/C12H21N3O/c1-6-16-12(4,5)11-14-7-10(8(2)13)9(3)15-11/h7-8H,6,13H2,1-5H3. The molecule has 1 unspecified atom stereocenters. The zero-order valence-corrected chi connectivity index (χ0v) is 10.7. The zero-order valence-electron chi connectivity index (χ0n) is 10.7. The highest BCUT2D eigenvalue weighted by Crippen LogP contribution is 2.22.